The van der Waals surface area contributed by atoms with Crippen molar-refractivity contribution in [3.05, 3.63) is 41.5 Å². The van der Waals surface area contributed by atoms with Gasteiger partial charge in [0.05, 0.1) is 4.90 Å². The third-order valence-electron chi connectivity index (χ3n) is 4.62. The monoisotopic (exact) mass is 336 g/mol. The maximum Gasteiger partial charge on any atom is 0.240 e. The minimum Gasteiger partial charge on any atom is -0.299 e. The summed E-state index contributed by atoms with van der Waals surface area (Å²) < 4.78 is 27.6. The van der Waals surface area contributed by atoms with E-state index in [2.05, 4.69) is 29.5 Å². The van der Waals surface area contributed by atoms with Gasteiger partial charge in [-0.3, -0.25) is 4.90 Å². The van der Waals surface area contributed by atoms with Crippen LogP contribution in [0.15, 0.2) is 40.8 Å². The van der Waals surface area contributed by atoms with Crippen LogP contribution in [0.3, 0.4) is 0 Å². The standard InChI is InChI=1S/C18H28N2O2S/c1-4-15(2)14-20-11-9-17(10-12-20)13-19-23(21,22)18-8-6-5-7-16(18)3/h4-8,17,19H,9-14H2,1-3H3. The molecule has 5 heteroatoms. The lowest BCUT2D eigenvalue weighted by atomic mass is 9.97. The second-order valence-corrected chi connectivity index (χ2v) is 8.21. The topological polar surface area (TPSA) is 49.4 Å². The molecular weight excluding hydrogens is 308 g/mol. The number of hydrogen-bond acceptors (Lipinski definition) is 3. The fraction of sp³-hybridized carbons (Fsp3) is 0.556. The molecule has 1 aliphatic heterocycles. The third kappa shape index (κ3) is 5.16. The van der Waals surface area contributed by atoms with E-state index < -0.39 is 10.0 Å². The van der Waals surface area contributed by atoms with Crippen molar-refractivity contribution < 1.29 is 8.42 Å². The number of nitrogens with one attached hydrogen (secondary N) is 1. The van der Waals surface area contributed by atoms with E-state index in [9.17, 15) is 8.42 Å². The van der Waals surface area contributed by atoms with Gasteiger partial charge in [-0.15, -0.1) is 0 Å². The van der Waals surface area contributed by atoms with E-state index in [4.69, 9.17) is 0 Å². The Morgan fingerprint density at radius 2 is 1.96 bits per heavy atom. The van der Waals surface area contributed by atoms with Gasteiger partial charge in [0.2, 0.25) is 10.0 Å². The molecule has 1 aromatic rings. The molecule has 1 saturated heterocycles. The minimum atomic E-state index is -3.40. The SMILES string of the molecule is CC=C(C)CN1CCC(CNS(=O)(=O)c2ccccc2C)CC1. The van der Waals surface area contributed by atoms with Crippen LogP contribution < -0.4 is 4.72 Å². The molecular formula is C18H28N2O2S. The van der Waals surface area contributed by atoms with Crippen LogP contribution in [0.4, 0.5) is 0 Å². The first-order chi connectivity index (χ1) is 10.9. The lowest BCUT2D eigenvalue weighted by Gasteiger charge is -2.32. The van der Waals surface area contributed by atoms with Crippen molar-refractivity contribution >= 4 is 10.0 Å². The lowest BCUT2D eigenvalue weighted by molar-refractivity contribution is 0.198. The van der Waals surface area contributed by atoms with Gasteiger partial charge in [-0.2, -0.15) is 0 Å². The Hall–Kier alpha value is -1.17. The van der Waals surface area contributed by atoms with E-state index in [1.54, 1.807) is 12.1 Å². The summed E-state index contributed by atoms with van der Waals surface area (Å²) in [6.45, 7) is 9.70. The normalized spacial score (nSPS) is 18.3. The average Bonchev–Trinajstić information content (AvgIpc) is 2.54. The molecule has 1 aromatic carbocycles. The van der Waals surface area contributed by atoms with Gasteiger partial charge in [0.25, 0.3) is 0 Å². The second-order valence-electron chi connectivity index (χ2n) is 6.47. The highest BCUT2D eigenvalue weighted by Crippen LogP contribution is 2.19. The van der Waals surface area contributed by atoms with E-state index in [0.29, 0.717) is 17.4 Å². The van der Waals surface area contributed by atoms with Crippen LogP contribution in [0.25, 0.3) is 0 Å². The van der Waals surface area contributed by atoms with Gasteiger partial charge in [-0.05, 0) is 64.3 Å². The molecule has 23 heavy (non-hydrogen) atoms. The van der Waals surface area contributed by atoms with Crippen LogP contribution in [-0.4, -0.2) is 39.5 Å². The number of sulfonamides is 1. The van der Waals surface area contributed by atoms with Crippen molar-refractivity contribution in [2.24, 2.45) is 5.92 Å². The summed E-state index contributed by atoms with van der Waals surface area (Å²) in [5.74, 6) is 0.427. The Morgan fingerprint density at radius 3 is 2.57 bits per heavy atom. The molecule has 0 aliphatic carbocycles. The Morgan fingerprint density at radius 1 is 1.30 bits per heavy atom. The predicted molar refractivity (Wildman–Crippen MR) is 95.0 cm³/mol. The Balaban J connectivity index is 1.85. The number of hydrogen-bond donors (Lipinski definition) is 1. The van der Waals surface area contributed by atoms with Crippen molar-refractivity contribution in [3.8, 4) is 0 Å². The Kier molecular flexibility index (Phi) is 6.39. The maximum absolute atomic E-state index is 12.4. The molecule has 0 bridgehead atoms. The summed E-state index contributed by atoms with van der Waals surface area (Å²) in [6, 6.07) is 7.12. The van der Waals surface area contributed by atoms with Gasteiger partial charge in [0.15, 0.2) is 0 Å². The van der Waals surface area contributed by atoms with Gasteiger partial charge in [0, 0.05) is 13.1 Å². The molecule has 0 spiro atoms. The molecule has 2 rings (SSSR count). The first-order valence-electron chi connectivity index (χ1n) is 8.32. The van der Waals surface area contributed by atoms with Crippen LogP contribution in [0, 0.1) is 12.8 Å². The molecule has 1 heterocycles. The van der Waals surface area contributed by atoms with E-state index in [1.165, 1.54) is 5.57 Å². The first-order valence-corrected chi connectivity index (χ1v) is 9.80. The Bertz CT molecular complexity index is 645. The van der Waals surface area contributed by atoms with Crippen molar-refractivity contribution in [1.82, 2.24) is 9.62 Å². The summed E-state index contributed by atoms with van der Waals surface area (Å²) >= 11 is 0. The van der Waals surface area contributed by atoms with Crippen molar-refractivity contribution in [2.75, 3.05) is 26.2 Å². The summed E-state index contributed by atoms with van der Waals surface area (Å²) in [5, 5.41) is 0. The van der Waals surface area contributed by atoms with Gasteiger partial charge in [-0.1, -0.05) is 29.8 Å². The minimum absolute atomic E-state index is 0.390. The number of aryl methyl sites for hydroxylation is 1. The fourth-order valence-corrected chi connectivity index (χ4v) is 4.32. The number of nitrogens with zero attached hydrogens (tertiary/aromatic N) is 1. The second kappa shape index (κ2) is 8.08. The van der Waals surface area contributed by atoms with Crippen LogP contribution in [-0.2, 0) is 10.0 Å². The van der Waals surface area contributed by atoms with Gasteiger partial charge in [0.1, 0.15) is 0 Å². The molecule has 1 fully saturated rings. The largest absolute Gasteiger partial charge is 0.299 e. The highest BCUT2D eigenvalue weighted by Gasteiger charge is 2.22. The number of rotatable bonds is 6. The van der Waals surface area contributed by atoms with Gasteiger partial charge in [-0.25, -0.2) is 13.1 Å². The lowest BCUT2D eigenvalue weighted by Crippen LogP contribution is -2.39. The molecule has 4 nitrogen and oxygen atoms in total. The molecule has 128 valence electrons. The zero-order chi connectivity index (χ0) is 16.9. The molecule has 0 saturated carbocycles. The molecule has 0 amide bonds. The summed E-state index contributed by atoms with van der Waals surface area (Å²) in [5.41, 5.74) is 2.18. The van der Waals surface area contributed by atoms with Crippen LogP contribution in [0.1, 0.15) is 32.3 Å². The highest BCUT2D eigenvalue weighted by molar-refractivity contribution is 7.89. The molecule has 0 radical (unpaired) electrons. The summed E-state index contributed by atoms with van der Waals surface area (Å²) in [6.07, 6.45) is 4.25. The first kappa shape index (κ1) is 18.2. The number of likely N-dealkylation sites (tertiary alicyclic amines) is 1. The summed E-state index contributed by atoms with van der Waals surface area (Å²) in [7, 11) is -3.40. The van der Waals surface area contributed by atoms with Crippen LogP contribution in [0.5, 0.6) is 0 Å². The molecule has 0 aromatic heterocycles. The van der Waals surface area contributed by atoms with E-state index in [1.807, 2.05) is 19.1 Å². The number of benzene rings is 1. The zero-order valence-corrected chi connectivity index (χ0v) is 15.2. The smallest absolute Gasteiger partial charge is 0.240 e. The van der Waals surface area contributed by atoms with Crippen molar-refractivity contribution in [3.63, 3.8) is 0 Å². The predicted octanol–water partition coefficient (Wildman–Crippen LogP) is 2.95. The quantitative estimate of drug-likeness (QED) is 0.813. The highest BCUT2D eigenvalue weighted by atomic mass is 32.2. The number of piperidine rings is 1. The third-order valence-corrected chi connectivity index (χ3v) is 6.20. The van der Waals surface area contributed by atoms with Crippen molar-refractivity contribution in [2.45, 2.75) is 38.5 Å². The Labute approximate surface area is 140 Å². The summed E-state index contributed by atoms with van der Waals surface area (Å²) in [4.78, 5) is 2.84. The van der Waals surface area contributed by atoms with Gasteiger partial charge < -0.3 is 0 Å². The zero-order valence-electron chi connectivity index (χ0n) is 14.4. The maximum atomic E-state index is 12.4. The average molecular weight is 337 g/mol. The van der Waals surface area contributed by atoms with E-state index >= 15 is 0 Å². The number of allylic oxidation sites excluding steroid dienone is 1. The molecule has 0 atom stereocenters. The fourth-order valence-electron chi connectivity index (χ4n) is 2.96. The van der Waals surface area contributed by atoms with Crippen molar-refractivity contribution in [1.29, 1.82) is 0 Å². The van der Waals surface area contributed by atoms with Gasteiger partial charge >= 0.3 is 0 Å². The molecule has 1 aliphatic rings. The molecule has 0 unspecified atom stereocenters. The molecule has 1 N–H and O–H groups in total. The van der Waals surface area contributed by atoms with Crippen LogP contribution >= 0.6 is 0 Å². The van der Waals surface area contributed by atoms with E-state index in [0.717, 1.165) is 38.0 Å². The van der Waals surface area contributed by atoms with Crippen LogP contribution in [0.2, 0.25) is 0 Å². The van der Waals surface area contributed by atoms with E-state index in [-0.39, 0.29) is 0 Å².